The lowest BCUT2D eigenvalue weighted by molar-refractivity contribution is -0.120. The first-order valence-electron chi connectivity index (χ1n) is 8.90. The van der Waals surface area contributed by atoms with Gasteiger partial charge in [0.1, 0.15) is 5.82 Å². The number of carbonyl (C=O) groups excluding carboxylic acids is 2. The van der Waals surface area contributed by atoms with Crippen molar-refractivity contribution < 1.29 is 14.0 Å². The molecule has 1 unspecified atom stereocenters. The summed E-state index contributed by atoms with van der Waals surface area (Å²) < 4.78 is 13.3. The molecule has 2 amide bonds. The topological polar surface area (TPSA) is 71.1 Å². The number of hydrogen-bond donors (Lipinski definition) is 2. The first-order valence-corrected chi connectivity index (χ1v) is 10.1. The number of anilines is 1. The van der Waals surface area contributed by atoms with Gasteiger partial charge in [0.25, 0.3) is 0 Å². The van der Waals surface area contributed by atoms with Crippen LogP contribution < -0.4 is 10.6 Å². The Morgan fingerprint density at radius 1 is 1.21 bits per heavy atom. The summed E-state index contributed by atoms with van der Waals surface area (Å²) in [7, 11) is 0. The highest BCUT2D eigenvalue weighted by atomic mass is 35.5. The number of carbonyl (C=O) groups is 2. The summed E-state index contributed by atoms with van der Waals surface area (Å²) in [6, 6.07) is 12.9. The number of benzene rings is 2. The molecular weight excluding hydrogens is 413 g/mol. The van der Waals surface area contributed by atoms with Crippen LogP contribution >= 0.6 is 22.9 Å². The third-order valence-electron chi connectivity index (χ3n) is 4.11. The minimum absolute atomic E-state index is 0.0556. The van der Waals surface area contributed by atoms with Crippen molar-refractivity contribution in [3.8, 4) is 0 Å². The van der Waals surface area contributed by atoms with Gasteiger partial charge in [0.05, 0.1) is 12.5 Å². The zero-order valence-corrected chi connectivity index (χ0v) is 17.2. The average molecular weight is 432 g/mol. The van der Waals surface area contributed by atoms with Crippen LogP contribution in [0.3, 0.4) is 0 Å². The Balaban J connectivity index is 1.63. The molecule has 2 N–H and O–H groups in total. The third kappa shape index (κ3) is 6.37. The molecule has 0 saturated carbocycles. The molecule has 3 aromatic rings. The number of rotatable bonds is 7. The summed E-state index contributed by atoms with van der Waals surface area (Å²) in [6.45, 7) is 1.40. The third-order valence-corrected chi connectivity index (χ3v) is 5.27. The number of aromatic nitrogens is 1. The minimum Gasteiger partial charge on any atom is -0.349 e. The predicted octanol–water partition coefficient (Wildman–Crippen LogP) is 4.73. The molecule has 0 fully saturated rings. The van der Waals surface area contributed by atoms with Crippen LogP contribution in [0.4, 0.5) is 9.52 Å². The summed E-state index contributed by atoms with van der Waals surface area (Å²) >= 11 is 7.24. The lowest BCUT2D eigenvalue weighted by Crippen LogP contribution is -2.29. The highest BCUT2D eigenvalue weighted by molar-refractivity contribution is 7.15. The monoisotopic (exact) mass is 431 g/mol. The Hall–Kier alpha value is -2.77. The van der Waals surface area contributed by atoms with E-state index in [1.54, 1.807) is 36.5 Å². The van der Waals surface area contributed by atoms with Crippen LogP contribution in [0.15, 0.2) is 54.7 Å². The van der Waals surface area contributed by atoms with Gasteiger partial charge < -0.3 is 10.6 Å². The lowest BCUT2D eigenvalue weighted by atomic mass is 10.0. The van der Waals surface area contributed by atoms with Gasteiger partial charge in [-0.25, -0.2) is 9.37 Å². The van der Waals surface area contributed by atoms with Crippen LogP contribution in [0.5, 0.6) is 0 Å². The molecule has 0 spiro atoms. The Labute approximate surface area is 176 Å². The van der Waals surface area contributed by atoms with E-state index in [-0.39, 0.29) is 24.1 Å². The van der Waals surface area contributed by atoms with Gasteiger partial charge in [-0.2, -0.15) is 0 Å². The fourth-order valence-electron chi connectivity index (χ4n) is 2.84. The molecule has 0 aliphatic heterocycles. The Morgan fingerprint density at radius 2 is 1.97 bits per heavy atom. The zero-order valence-electron chi connectivity index (χ0n) is 15.6. The number of amides is 2. The molecule has 0 saturated heterocycles. The molecule has 1 heterocycles. The summed E-state index contributed by atoms with van der Waals surface area (Å²) in [4.78, 5) is 29.1. The Kier molecular flexibility index (Phi) is 6.95. The van der Waals surface area contributed by atoms with Crippen molar-refractivity contribution in [1.29, 1.82) is 0 Å². The van der Waals surface area contributed by atoms with Gasteiger partial charge in [-0.3, -0.25) is 9.59 Å². The highest BCUT2D eigenvalue weighted by Crippen LogP contribution is 2.24. The van der Waals surface area contributed by atoms with Gasteiger partial charge in [-0.05, 0) is 35.4 Å². The fraction of sp³-hybridized carbons (Fsp3) is 0.190. The van der Waals surface area contributed by atoms with Crippen molar-refractivity contribution in [2.45, 2.75) is 25.8 Å². The van der Waals surface area contributed by atoms with Crippen molar-refractivity contribution in [2.24, 2.45) is 0 Å². The van der Waals surface area contributed by atoms with Crippen LogP contribution in [0.2, 0.25) is 5.02 Å². The van der Waals surface area contributed by atoms with Gasteiger partial charge in [0.15, 0.2) is 5.13 Å². The molecule has 29 heavy (non-hydrogen) atoms. The van der Waals surface area contributed by atoms with E-state index >= 15 is 0 Å². The Bertz CT molecular complexity index is 1010. The molecular formula is C21H19ClFN3O2S. The van der Waals surface area contributed by atoms with Crippen molar-refractivity contribution >= 4 is 39.9 Å². The van der Waals surface area contributed by atoms with Gasteiger partial charge in [-0.1, -0.05) is 35.9 Å². The molecule has 0 aliphatic carbocycles. The summed E-state index contributed by atoms with van der Waals surface area (Å²) in [6.07, 6.45) is 2.25. The normalized spacial score (nSPS) is 11.7. The number of hydrogen-bond acceptors (Lipinski definition) is 4. The van der Waals surface area contributed by atoms with E-state index in [0.29, 0.717) is 16.6 Å². The molecule has 8 heteroatoms. The summed E-state index contributed by atoms with van der Waals surface area (Å²) in [5.74, 6) is -0.790. The second-order valence-electron chi connectivity index (χ2n) is 6.50. The number of thiazole rings is 1. The quantitative estimate of drug-likeness (QED) is 0.568. The van der Waals surface area contributed by atoms with Gasteiger partial charge in [0.2, 0.25) is 11.8 Å². The molecule has 0 radical (unpaired) electrons. The zero-order chi connectivity index (χ0) is 20.8. The number of nitrogens with zero attached hydrogens (tertiary/aromatic N) is 1. The molecule has 0 aliphatic rings. The van der Waals surface area contributed by atoms with Crippen LogP contribution in [-0.2, 0) is 16.0 Å². The van der Waals surface area contributed by atoms with Crippen LogP contribution in [-0.4, -0.2) is 16.8 Å². The molecule has 3 rings (SSSR count). The first kappa shape index (κ1) is 21.0. The molecule has 2 aromatic carbocycles. The highest BCUT2D eigenvalue weighted by Gasteiger charge is 2.18. The smallest absolute Gasteiger partial charge is 0.228 e. The second kappa shape index (κ2) is 9.62. The minimum atomic E-state index is -0.475. The van der Waals surface area contributed by atoms with E-state index in [2.05, 4.69) is 15.6 Å². The van der Waals surface area contributed by atoms with E-state index in [0.717, 1.165) is 16.0 Å². The van der Waals surface area contributed by atoms with Crippen molar-refractivity contribution in [1.82, 2.24) is 10.3 Å². The van der Waals surface area contributed by atoms with Crippen LogP contribution in [0.25, 0.3) is 0 Å². The molecule has 0 bridgehead atoms. The van der Waals surface area contributed by atoms with Gasteiger partial charge in [-0.15, -0.1) is 11.3 Å². The fourth-order valence-corrected chi connectivity index (χ4v) is 3.83. The lowest BCUT2D eigenvalue weighted by Gasteiger charge is -2.17. The van der Waals surface area contributed by atoms with Crippen LogP contribution in [0, 0.1) is 5.82 Å². The maximum Gasteiger partial charge on any atom is 0.228 e. The van der Waals surface area contributed by atoms with Crippen molar-refractivity contribution in [3.05, 3.63) is 81.6 Å². The molecule has 5 nitrogen and oxygen atoms in total. The van der Waals surface area contributed by atoms with Crippen molar-refractivity contribution in [2.75, 3.05) is 5.32 Å². The summed E-state index contributed by atoms with van der Waals surface area (Å²) in [5.41, 5.74) is 1.62. The number of halogens is 2. The predicted molar refractivity (Wildman–Crippen MR) is 113 cm³/mol. The first-order chi connectivity index (χ1) is 13.9. The largest absolute Gasteiger partial charge is 0.349 e. The van der Waals surface area contributed by atoms with E-state index in [1.807, 2.05) is 6.07 Å². The van der Waals surface area contributed by atoms with E-state index < -0.39 is 6.04 Å². The van der Waals surface area contributed by atoms with Gasteiger partial charge >= 0.3 is 0 Å². The molecule has 150 valence electrons. The molecule has 1 aromatic heterocycles. The SMILES string of the molecule is CC(=O)NC(CC(=O)Nc1ncc(Cc2cccc(F)c2)s1)c1ccc(Cl)cc1. The summed E-state index contributed by atoms with van der Waals surface area (Å²) in [5, 5.41) is 6.58. The van der Waals surface area contributed by atoms with Crippen molar-refractivity contribution in [3.63, 3.8) is 0 Å². The average Bonchev–Trinajstić information content (AvgIpc) is 3.08. The maximum absolute atomic E-state index is 13.3. The maximum atomic E-state index is 13.3. The standard InChI is InChI=1S/C21H19ClFN3O2S/c1-13(27)25-19(15-5-7-16(22)8-6-15)11-20(28)26-21-24-12-18(29-21)10-14-3-2-4-17(23)9-14/h2-9,12,19H,10-11H2,1H3,(H,25,27)(H,24,26,28). The number of nitrogens with one attached hydrogen (secondary N) is 2. The van der Waals surface area contributed by atoms with E-state index in [1.165, 1.54) is 30.4 Å². The Morgan fingerprint density at radius 3 is 2.66 bits per heavy atom. The van der Waals surface area contributed by atoms with E-state index in [4.69, 9.17) is 11.6 Å². The van der Waals surface area contributed by atoms with Crippen LogP contribution in [0.1, 0.15) is 35.4 Å². The van der Waals surface area contributed by atoms with E-state index in [9.17, 15) is 14.0 Å². The second-order valence-corrected chi connectivity index (χ2v) is 8.05. The van der Waals surface area contributed by atoms with Gasteiger partial charge in [0, 0.05) is 29.4 Å². The molecule has 1 atom stereocenters.